The number of amides is 1. The number of benzene rings is 3. The van der Waals surface area contributed by atoms with Crippen LogP contribution in [-0.2, 0) is 16.1 Å². The van der Waals surface area contributed by atoms with Gasteiger partial charge in [-0.25, -0.2) is 4.79 Å². The molecule has 0 aliphatic rings. The number of hydrogen-bond donors (Lipinski definition) is 1. The van der Waals surface area contributed by atoms with E-state index in [4.69, 9.17) is 9.47 Å². The number of rotatable bonds is 7. The second-order valence-electron chi connectivity index (χ2n) is 6.80. The Hall–Kier alpha value is -3.60. The van der Waals surface area contributed by atoms with Crippen molar-refractivity contribution in [1.29, 1.82) is 0 Å². The van der Waals surface area contributed by atoms with Crippen LogP contribution in [0.2, 0.25) is 0 Å². The van der Waals surface area contributed by atoms with E-state index in [0.29, 0.717) is 23.6 Å². The third kappa shape index (κ3) is 6.21. The van der Waals surface area contributed by atoms with E-state index in [2.05, 4.69) is 5.32 Å². The Labute approximate surface area is 170 Å². The molecule has 0 saturated carbocycles. The van der Waals surface area contributed by atoms with E-state index in [1.165, 1.54) is 0 Å². The summed E-state index contributed by atoms with van der Waals surface area (Å²) in [5.41, 5.74) is 4.13. The molecule has 5 heteroatoms. The number of aryl methyl sites for hydroxylation is 2. The normalized spacial score (nSPS) is 10.3. The van der Waals surface area contributed by atoms with Crippen molar-refractivity contribution in [3.8, 4) is 5.75 Å². The van der Waals surface area contributed by atoms with Gasteiger partial charge < -0.3 is 14.8 Å². The number of anilines is 1. The molecule has 0 unspecified atom stereocenters. The molecular formula is C24H23NO4. The Balaban J connectivity index is 1.53. The predicted octanol–water partition coefficient (Wildman–Crippen LogP) is 4.68. The molecular weight excluding hydrogens is 366 g/mol. The first kappa shape index (κ1) is 20.1. The fraction of sp³-hybridized carbons (Fsp3) is 0.167. The summed E-state index contributed by atoms with van der Waals surface area (Å²) in [6.07, 6.45) is 0. The highest BCUT2D eigenvalue weighted by atomic mass is 16.5. The first-order valence-electron chi connectivity index (χ1n) is 9.32. The van der Waals surface area contributed by atoms with Gasteiger partial charge in [0, 0.05) is 5.69 Å². The Morgan fingerprint density at radius 2 is 1.59 bits per heavy atom. The highest BCUT2D eigenvalue weighted by molar-refractivity contribution is 5.95. The molecule has 0 saturated heterocycles. The van der Waals surface area contributed by atoms with Gasteiger partial charge in [-0.2, -0.15) is 0 Å². The highest BCUT2D eigenvalue weighted by Gasteiger charge is 2.12. The highest BCUT2D eigenvalue weighted by Crippen LogP contribution is 2.17. The Morgan fingerprint density at radius 3 is 2.31 bits per heavy atom. The van der Waals surface area contributed by atoms with E-state index >= 15 is 0 Å². The van der Waals surface area contributed by atoms with Gasteiger partial charge in [0.25, 0.3) is 5.91 Å². The minimum Gasteiger partial charge on any atom is -0.489 e. The lowest BCUT2D eigenvalue weighted by atomic mass is 10.1. The molecule has 0 fully saturated rings. The summed E-state index contributed by atoms with van der Waals surface area (Å²) in [6.45, 7) is 3.95. The molecule has 0 atom stereocenters. The van der Waals surface area contributed by atoms with Crippen molar-refractivity contribution in [3.63, 3.8) is 0 Å². The van der Waals surface area contributed by atoms with E-state index in [1.807, 2.05) is 62.4 Å². The van der Waals surface area contributed by atoms with E-state index in [9.17, 15) is 9.59 Å². The fourth-order valence-corrected chi connectivity index (χ4v) is 2.91. The summed E-state index contributed by atoms with van der Waals surface area (Å²) in [5, 5.41) is 2.74. The summed E-state index contributed by atoms with van der Waals surface area (Å²) in [5.74, 6) is -0.409. The molecule has 3 aromatic carbocycles. The molecule has 1 N–H and O–H groups in total. The van der Waals surface area contributed by atoms with Crippen molar-refractivity contribution >= 4 is 17.6 Å². The Kier molecular flexibility index (Phi) is 6.63. The van der Waals surface area contributed by atoms with Gasteiger partial charge in [0.05, 0.1) is 5.56 Å². The smallest absolute Gasteiger partial charge is 0.338 e. The molecule has 1 amide bonds. The molecule has 0 radical (unpaired) electrons. The number of ether oxygens (including phenoxy) is 2. The first-order chi connectivity index (χ1) is 14.0. The second kappa shape index (κ2) is 9.55. The van der Waals surface area contributed by atoms with Crippen LogP contribution in [0.3, 0.4) is 0 Å². The third-order valence-electron chi connectivity index (χ3n) is 4.16. The quantitative estimate of drug-likeness (QED) is 0.596. The van der Waals surface area contributed by atoms with Gasteiger partial charge in [-0.3, -0.25) is 4.79 Å². The van der Waals surface area contributed by atoms with Gasteiger partial charge in [0.2, 0.25) is 0 Å². The average Bonchev–Trinajstić information content (AvgIpc) is 2.71. The van der Waals surface area contributed by atoms with Crippen LogP contribution >= 0.6 is 0 Å². The molecule has 0 spiro atoms. The molecule has 29 heavy (non-hydrogen) atoms. The number of nitrogens with one attached hydrogen (secondary N) is 1. The number of carbonyl (C=O) groups excluding carboxylic acids is 2. The van der Waals surface area contributed by atoms with Crippen LogP contribution in [0, 0.1) is 13.8 Å². The maximum atomic E-state index is 12.3. The number of carbonyl (C=O) groups is 2. The van der Waals surface area contributed by atoms with E-state index < -0.39 is 5.97 Å². The van der Waals surface area contributed by atoms with Crippen molar-refractivity contribution in [2.24, 2.45) is 0 Å². The van der Waals surface area contributed by atoms with Gasteiger partial charge in [-0.15, -0.1) is 0 Å². The monoisotopic (exact) mass is 389 g/mol. The number of esters is 1. The maximum absolute atomic E-state index is 12.3. The molecule has 5 nitrogen and oxygen atoms in total. The Bertz CT molecular complexity index is 979. The van der Waals surface area contributed by atoms with Gasteiger partial charge in [-0.05, 0) is 60.9 Å². The zero-order valence-corrected chi connectivity index (χ0v) is 16.5. The lowest BCUT2D eigenvalue weighted by Gasteiger charge is -2.10. The largest absolute Gasteiger partial charge is 0.489 e. The van der Waals surface area contributed by atoms with Crippen LogP contribution in [0.25, 0.3) is 0 Å². The molecule has 0 aliphatic heterocycles. The third-order valence-corrected chi connectivity index (χ3v) is 4.16. The van der Waals surface area contributed by atoms with Gasteiger partial charge in [0.1, 0.15) is 12.4 Å². The summed E-state index contributed by atoms with van der Waals surface area (Å²) in [4.78, 5) is 24.4. The summed E-state index contributed by atoms with van der Waals surface area (Å²) >= 11 is 0. The lowest BCUT2D eigenvalue weighted by molar-refractivity contribution is -0.119. The van der Waals surface area contributed by atoms with Gasteiger partial charge in [0.15, 0.2) is 6.61 Å². The first-order valence-corrected chi connectivity index (χ1v) is 9.32. The minimum absolute atomic E-state index is 0.328. The van der Waals surface area contributed by atoms with Crippen LogP contribution in [-0.4, -0.2) is 18.5 Å². The van der Waals surface area contributed by atoms with Crippen LogP contribution in [0.4, 0.5) is 5.69 Å². The summed E-state index contributed by atoms with van der Waals surface area (Å²) in [6, 6.07) is 22.2. The SMILES string of the molecule is Cc1cc(C)cc(NC(=O)COC(=O)c2cccc(OCc3ccccc3)c2)c1. The average molecular weight is 389 g/mol. The van der Waals surface area contributed by atoms with Crippen LogP contribution in [0.15, 0.2) is 72.8 Å². The van der Waals surface area contributed by atoms with Crippen molar-refractivity contribution in [2.45, 2.75) is 20.5 Å². The molecule has 0 bridgehead atoms. The summed E-state index contributed by atoms with van der Waals surface area (Å²) < 4.78 is 10.9. The zero-order valence-electron chi connectivity index (χ0n) is 16.5. The summed E-state index contributed by atoms with van der Waals surface area (Å²) in [7, 11) is 0. The molecule has 0 aliphatic carbocycles. The Morgan fingerprint density at radius 1 is 0.862 bits per heavy atom. The minimum atomic E-state index is -0.578. The van der Waals surface area contributed by atoms with Crippen LogP contribution in [0.5, 0.6) is 5.75 Å². The molecule has 0 aromatic heterocycles. The predicted molar refractivity (Wildman–Crippen MR) is 112 cm³/mol. The molecule has 148 valence electrons. The van der Waals surface area contributed by atoms with Crippen LogP contribution < -0.4 is 10.1 Å². The molecule has 3 aromatic rings. The van der Waals surface area contributed by atoms with Crippen molar-refractivity contribution < 1.29 is 19.1 Å². The standard InChI is InChI=1S/C24H23NO4/c1-17-11-18(2)13-21(12-17)25-23(26)16-29-24(27)20-9-6-10-22(14-20)28-15-19-7-4-3-5-8-19/h3-14H,15-16H2,1-2H3,(H,25,26). The second-order valence-corrected chi connectivity index (χ2v) is 6.80. The van der Waals surface area contributed by atoms with E-state index in [-0.39, 0.29) is 12.5 Å². The van der Waals surface area contributed by atoms with Crippen molar-refractivity contribution in [1.82, 2.24) is 0 Å². The van der Waals surface area contributed by atoms with Gasteiger partial charge in [-0.1, -0.05) is 42.5 Å². The van der Waals surface area contributed by atoms with Crippen molar-refractivity contribution in [2.75, 3.05) is 11.9 Å². The zero-order chi connectivity index (χ0) is 20.6. The number of hydrogen-bond acceptors (Lipinski definition) is 4. The topological polar surface area (TPSA) is 64.6 Å². The van der Waals surface area contributed by atoms with E-state index in [0.717, 1.165) is 16.7 Å². The fourth-order valence-electron chi connectivity index (χ4n) is 2.91. The van der Waals surface area contributed by atoms with E-state index in [1.54, 1.807) is 24.3 Å². The van der Waals surface area contributed by atoms with Gasteiger partial charge >= 0.3 is 5.97 Å². The lowest BCUT2D eigenvalue weighted by Crippen LogP contribution is -2.21. The van der Waals surface area contributed by atoms with Crippen molar-refractivity contribution in [3.05, 3.63) is 95.1 Å². The molecule has 3 rings (SSSR count). The van der Waals surface area contributed by atoms with Crippen LogP contribution in [0.1, 0.15) is 27.0 Å². The maximum Gasteiger partial charge on any atom is 0.338 e. The molecule has 0 heterocycles.